The van der Waals surface area contributed by atoms with Gasteiger partial charge in [0.1, 0.15) is 0 Å². The van der Waals surface area contributed by atoms with Gasteiger partial charge in [0.25, 0.3) is 0 Å². The summed E-state index contributed by atoms with van der Waals surface area (Å²) in [4.78, 5) is 0. The molecule has 0 aromatic rings. The topological polar surface area (TPSA) is 41.5 Å². The Morgan fingerprint density at radius 3 is 2.87 bits per heavy atom. The Morgan fingerprint density at radius 2 is 2.20 bits per heavy atom. The summed E-state index contributed by atoms with van der Waals surface area (Å²) in [6.45, 7) is 4.12. The van der Waals surface area contributed by atoms with Crippen molar-refractivity contribution >= 4 is 0 Å². The summed E-state index contributed by atoms with van der Waals surface area (Å²) in [6.07, 6.45) is 5.87. The fourth-order valence-corrected chi connectivity index (χ4v) is 2.86. The highest BCUT2D eigenvalue weighted by atomic mass is 16.5. The molecule has 0 aromatic carbocycles. The fourth-order valence-electron chi connectivity index (χ4n) is 2.86. The molecule has 0 aromatic heterocycles. The minimum atomic E-state index is -0.118. The normalized spacial score (nSPS) is 41.2. The molecule has 88 valence electrons. The SMILES string of the molecule is CCC1OCCC1CN[C@H]1CCC[C@@H]1O. The molecule has 15 heavy (non-hydrogen) atoms. The first-order chi connectivity index (χ1) is 7.31. The van der Waals surface area contributed by atoms with Crippen molar-refractivity contribution in [3.05, 3.63) is 0 Å². The van der Waals surface area contributed by atoms with E-state index in [4.69, 9.17) is 4.74 Å². The first-order valence-corrected chi connectivity index (χ1v) is 6.34. The number of ether oxygens (including phenoxy) is 1. The molecule has 2 aliphatic rings. The monoisotopic (exact) mass is 213 g/mol. The first-order valence-electron chi connectivity index (χ1n) is 6.34. The van der Waals surface area contributed by atoms with Gasteiger partial charge in [-0.25, -0.2) is 0 Å². The molecule has 1 heterocycles. The lowest BCUT2D eigenvalue weighted by Crippen LogP contribution is -2.40. The number of nitrogens with one attached hydrogen (secondary N) is 1. The number of aliphatic hydroxyl groups excluding tert-OH is 1. The van der Waals surface area contributed by atoms with Gasteiger partial charge in [-0.2, -0.15) is 0 Å². The van der Waals surface area contributed by atoms with Crippen LogP contribution in [0.15, 0.2) is 0 Å². The minimum Gasteiger partial charge on any atom is -0.392 e. The Hall–Kier alpha value is -0.120. The van der Waals surface area contributed by atoms with E-state index in [9.17, 15) is 5.11 Å². The summed E-state index contributed by atoms with van der Waals surface area (Å²) in [5.74, 6) is 0.655. The van der Waals surface area contributed by atoms with E-state index >= 15 is 0 Å². The molecule has 4 atom stereocenters. The number of rotatable bonds is 4. The number of hydrogen-bond acceptors (Lipinski definition) is 3. The molecular formula is C12H23NO2. The van der Waals surface area contributed by atoms with Gasteiger partial charge >= 0.3 is 0 Å². The van der Waals surface area contributed by atoms with Crippen molar-refractivity contribution in [2.75, 3.05) is 13.2 Å². The van der Waals surface area contributed by atoms with Crippen molar-refractivity contribution in [2.45, 2.75) is 57.3 Å². The summed E-state index contributed by atoms with van der Waals surface area (Å²) in [7, 11) is 0. The van der Waals surface area contributed by atoms with Crippen molar-refractivity contribution in [1.82, 2.24) is 5.32 Å². The molecule has 0 radical (unpaired) electrons. The van der Waals surface area contributed by atoms with E-state index in [0.29, 0.717) is 18.1 Å². The van der Waals surface area contributed by atoms with Crippen LogP contribution in [0.5, 0.6) is 0 Å². The van der Waals surface area contributed by atoms with Crippen LogP contribution in [0.2, 0.25) is 0 Å². The Morgan fingerprint density at radius 1 is 1.33 bits per heavy atom. The maximum atomic E-state index is 9.69. The zero-order valence-corrected chi connectivity index (χ0v) is 9.61. The molecule has 1 aliphatic heterocycles. The zero-order valence-electron chi connectivity index (χ0n) is 9.61. The van der Waals surface area contributed by atoms with Crippen molar-refractivity contribution in [1.29, 1.82) is 0 Å². The molecule has 0 amide bonds. The average Bonchev–Trinajstić information content (AvgIpc) is 2.83. The van der Waals surface area contributed by atoms with Crippen molar-refractivity contribution in [3.8, 4) is 0 Å². The highest BCUT2D eigenvalue weighted by molar-refractivity contribution is 4.85. The van der Waals surface area contributed by atoms with Crippen LogP contribution < -0.4 is 5.32 Å². The summed E-state index contributed by atoms with van der Waals surface area (Å²) < 4.78 is 5.65. The molecule has 1 saturated carbocycles. The van der Waals surface area contributed by atoms with Gasteiger partial charge in [0, 0.05) is 19.2 Å². The third-order valence-corrected chi connectivity index (χ3v) is 3.87. The van der Waals surface area contributed by atoms with Gasteiger partial charge in [0.15, 0.2) is 0 Å². The highest BCUT2D eigenvalue weighted by Gasteiger charge is 2.29. The molecule has 0 bridgehead atoms. The Bertz CT molecular complexity index is 198. The van der Waals surface area contributed by atoms with Crippen LogP contribution in [0.4, 0.5) is 0 Å². The van der Waals surface area contributed by atoms with Gasteiger partial charge in [0.2, 0.25) is 0 Å². The lowest BCUT2D eigenvalue weighted by Gasteiger charge is -2.22. The highest BCUT2D eigenvalue weighted by Crippen LogP contribution is 2.24. The van der Waals surface area contributed by atoms with Crippen LogP contribution in [0.3, 0.4) is 0 Å². The molecule has 3 nitrogen and oxygen atoms in total. The second kappa shape index (κ2) is 5.28. The van der Waals surface area contributed by atoms with Crippen LogP contribution in [0.25, 0.3) is 0 Å². The van der Waals surface area contributed by atoms with Crippen molar-refractivity contribution in [2.24, 2.45) is 5.92 Å². The zero-order chi connectivity index (χ0) is 10.7. The Kier molecular flexibility index (Phi) is 4.00. The average molecular weight is 213 g/mol. The van der Waals surface area contributed by atoms with Gasteiger partial charge in [-0.05, 0) is 38.0 Å². The smallest absolute Gasteiger partial charge is 0.0693 e. The maximum absolute atomic E-state index is 9.69. The predicted octanol–water partition coefficient (Wildman–Crippen LogP) is 1.30. The van der Waals surface area contributed by atoms with Crippen molar-refractivity contribution in [3.63, 3.8) is 0 Å². The lowest BCUT2D eigenvalue weighted by atomic mass is 9.99. The predicted molar refractivity (Wildman–Crippen MR) is 59.8 cm³/mol. The standard InChI is InChI=1S/C12H23NO2/c1-2-12-9(6-7-15-12)8-13-10-4-3-5-11(10)14/h9-14H,2-8H2,1H3/t9?,10-,11-,12?/m0/s1. The van der Waals surface area contributed by atoms with E-state index in [1.807, 2.05) is 0 Å². The third-order valence-electron chi connectivity index (χ3n) is 3.87. The molecule has 0 spiro atoms. The van der Waals surface area contributed by atoms with E-state index in [1.165, 1.54) is 6.42 Å². The number of aliphatic hydroxyl groups is 1. The van der Waals surface area contributed by atoms with Crippen LogP contribution in [-0.2, 0) is 4.74 Å². The summed E-state index contributed by atoms with van der Waals surface area (Å²) in [5, 5.41) is 13.2. The van der Waals surface area contributed by atoms with E-state index in [-0.39, 0.29) is 6.10 Å². The van der Waals surface area contributed by atoms with E-state index in [2.05, 4.69) is 12.2 Å². The van der Waals surface area contributed by atoms with Crippen LogP contribution >= 0.6 is 0 Å². The molecule has 2 fully saturated rings. The Balaban J connectivity index is 1.72. The second-order valence-corrected chi connectivity index (χ2v) is 4.88. The lowest BCUT2D eigenvalue weighted by molar-refractivity contribution is 0.0837. The van der Waals surface area contributed by atoms with E-state index in [0.717, 1.165) is 38.8 Å². The van der Waals surface area contributed by atoms with Gasteiger partial charge in [0.05, 0.1) is 12.2 Å². The van der Waals surface area contributed by atoms with Crippen LogP contribution in [0.1, 0.15) is 39.0 Å². The van der Waals surface area contributed by atoms with Gasteiger partial charge in [-0.3, -0.25) is 0 Å². The van der Waals surface area contributed by atoms with E-state index in [1.54, 1.807) is 0 Å². The first kappa shape index (κ1) is 11.4. The minimum absolute atomic E-state index is 0.118. The van der Waals surface area contributed by atoms with Gasteiger partial charge in [-0.1, -0.05) is 6.92 Å². The molecule has 1 saturated heterocycles. The molecule has 3 heteroatoms. The molecule has 2 N–H and O–H groups in total. The molecule has 1 aliphatic carbocycles. The third kappa shape index (κ3) is 2.71. The summed E-state index contributed by atoms with van der Waals surface area (Å²) in [6, 6.07) is 0.336. The Labute approximate surface area is 92.2 Å². The molecular weight excluding hydrogens is 190 g/mol. The fraction of sp³-hybridized carbons (Fsp3) is 1.00. The molecule has 2 rings (SSSR count). The van der Waals surface area contributed by atoms with Crippen LogP contribution in [-0.4, -0.2) is 36.5 Å². The van der Waals surface area contributed by atoms with Crippen molar-refractivity contribution < 1.29 is 9.84 Å². The van der Waals surface area contributed by atoms with Gasteiger partial charge < -0.3 is 15.2 Å². The number of hydrogen-bond donors (Lipinski definition) is 2. The maximum Gasteiger partial charge on any atom is 0.0693 e. The van der Waals surface area contributed by atoms with E-state index < -0.39 is 0 Å². The largest absolute Gasteiger partial charge is 0.392 e. The quantitative estimate of drug-likeness (QED) is 0.739. The second-order valence-electron chi connectivity index (χ2n) is 4.88. The summed E-state index contributed by atoms with van der Waals surface area (Å²) in [5.41, 5.74) is 0. The van der Waals surface area contributed by atoms with Crippen LogP contribution in [0, 0.1) is 5.92 Å². The summed E-state index contributed by atoms with van der Waals surface area (Å²) >= 11 is 0. The molecule has 2 unspecified atom stereocenters. The van der Waals surface area contributed by atoms with Gasteiger partial charge in [-0.15, -0.1) is 0 Å².